The summed E-state index contributed by atoms with van der Waals surface area (Å²) in [5.41, 5.74) is -0.699. The molecule has 0 bridgehead atoms. The Morgan fingerprint density at radius 3 is 2.24 bits per heavy atom. The number of rotatable bonds is 8. The lowest BCUT2D eigenvalue weighted by Gasteiger charge is -2.20. The number of nitrogens with zero attached hydrogens (tertiary/aromatic N) is 2. The Morgan fingerprint density at radius 2 is 1.66 bits per heavy atom. The van der Waals surface area contributed by atoms with Gasteiger partial charge >= 0.3 is 12.1 Å². The Balaban J connectivity index is 1.64. The first-order valence-electron chi connectivity index (χ1n) is 11.5. The van der Waals surface area contributed by atoms with Crippen LogP contribution in [0.1, 0.15) is 46.4 Å². The molecule has 0 unspecified atom stereocenters. The molecule has 0 saturated heterocycles. The van der Waals surface area contributed by atoms with Gasteiger partial charge in [0.25, 0.3) is 0 Å². The number of benzene rings is 2. The summed E-state index contributed by atoms with van der Waals surface area (Å²) < 4.78 is 80.0. The largest absolute Gasteiger partial charge is 0.458 e. The molecule has 1 heterocycles. The van der Waals surface area contributed by atoms with Crippen LogP contribution in [0.5, 0.6) is 0 Å². The molecule has 3 aromatic rings. The zero-order valence-corrected chi connectivity index (χ0v) is 19.6. The van der Waals surface area contributed by atoms with E-state index in [1.807, 2.05) is 6.07 Å². The summed E-state index contributed by atoms with van der Waals surface area (Å²) in [6.07, 6.45) is -4.33. The van der Waals surface area contributed by atoms with Crippen molar-refractivity contribution in [3.63, 3.8) is 0 Å². The summed E-state index contributed by atoms with van der Waals surface area (Å²) in [7, 11) is 0. The van der Waals surface area contributed by atoms with Crippen LogP contribution in [0.2, 0.25) is 0 Å². The highest BCUT2D eigenvalue weighted by Crippen LogP contribution is 2.45. The van der Waals surface area contributed by atoms with Gasteiger partial charge in [0.2, 0.25) is 5.91 Å². The zero-order valence-electron chi connectivity index (χ0n) is 19.6. The number of carbonyl (C=O) groups is 2. The molecule has 1 fully saturated rings. The smallest absolute Gasteiger partial charge is 0.310 e. The van der Waals surface area contributed by atoms with E-state index in [0.717, 1.165) is 11.6 Å². The van der Waals surface area contributed by atoms with Crippen molar-refractivity contribution in [1.29, 1.82) is 5.26 Å². The Kier molecular flexibility index (Phi) is 7.26. The Bertz CT molecular complexity index is 1420. The van der Waals surface area contributed by atoms with E-state index in [9.17, 15) is 35.9 Å². The van der Waals surface area contributed by atoms with Gasteiger partial charge < -0.3 is 5.32 Å². The molecule has 1 amide bonds. The molecular weight excluding hydrogens is 512 g/mol. The molecule has 1 saturated carbocycles. The number of nitrogens with one attached hydrogen (secondary N) is 1. The SMILES string of the molecule is N#Cc1ccc(CCC(=O)c2cc(-c3ccc(C(F)(F)C(F)(F)F)c(F)c3)cc(NC(=O)C3CC3)n2)cc1. The van der Waals surface area contributed by atoms with Gasteiger partial charge in [-0.05, 0) is 72.4 Å². The molecule has 5 nitrogen and oxygen atoms in total. The molecule has 11 heteroatoms. The van der Waals surface area contributed by atoms with Crippen molar-refractivity contribution in [1.82, 2.24) is 4.98 Å². The van der Waals surface area contributed by atoms with E-state index in [2.05, 4.69) is 10.3 Å². The van der Waals surface area contributed by atoms with Crippen LogP contribution in [0.25, 0.3) is 11.1 Å². The lowest BCUT2D eigenvalue weighted by atomic mass is 9.99. The van der Waals surface area contributed by atoms with Gasteiger partial charge in [0.15, 0.2) is 5.78 Å². The number of pyridine rings is 1. The van der Waals surface area contributed by atoms with Crippen LogP contribution in [-0.4, -0.2) is 22.9 Å². The molecular formula is C27H19F6N3O2. The lowest BCUT2D eigenvalue weighted by Crippen LogP contribution is -2.34. The van der Waals surface area contributed by atoms with Crippen LogP contribution in [0, 0.1) is 23.1 Å². The standard InChI is InChI=1S/C27H19F6N3O2/c28-21-11-18(8-9-20(21)26(29,30)27(31,32)33)19-12-22(35-24(13-19)36-25(38)17-6-7-17)23(37)10-5-15-1-3-16(14-34)4-2-15/h1-4,8-9,11-13,17H,5-7,10H2,(H,35,36,38). The number of halogens is 6. The molecule has 196 valence electrons. The third-order valence-electron chi connectivity index (χ3n) is 6.03. The van der Waals surface area contributed by atoms with E-state index in [1.54, 1.807) is 24.3 Å². The van der Waals surface area contributed by atoms with E-state index in [4.69, 9.17) is 5.26 Å². The third kappa shape index (κ3) is 5.85. The van der Waals surface area contributed by atoms with Gasteiger partial charge in [-0.15, -0.1) is 0 Å². The average molecular weight is 531 g/mol. The fourth-order valence-electron chi connectivity index (χ4n) is 3.71. The van der Waals surface area contributed by atoms with Crippen molar-refractivity contribution in [3.8, 4) is 17.2 Å². The maximum absolute atomic E-state index is 14.5. The molecule has 0 radical (unpaired) electrons. The summed E-state index contributed by atoms with van der Waals surface area (Å²) >= 11 is 0. The lowest BCUT2D eigenvalue weighted by molar-refractivity contribution is -0.290. The van der Waals surface area contributed by atoms with Crippen molar-refractivity contribution in [2.75, 3.05) is 5.32 Å². The van der Waals surface area contributed by atoms with E-state index in [-0.39, 0.29) is 40.9 Å². The maximum Gasteiger partial charge on any atom is 0.458 e. The van der Waals surface area contributed by atoms with Crippen LogP contribution in [0.3, 0.4) is 0 Å². The number of anilines is 1. The average Bonchev–Trinajstić information content (AvgIpc) is 3.72. The highest BCUT2D eigenvalue weighted by Gasteiger charge is 2.59. The predicted octanol–water partition coefficient (Wildman–Crippen LogP) is 6.58. The molecule has 38 heavy (non-hydrogen) atoms. The van der Waals surface area contributed by atoms with Gasteiger partial charge in [-0.1, -0.05) is 18.2 Å². The highest BCUT2D eigenvalue weighted by molar-refractivity contribution is 5.98. The Labute approximate surface area is 213 Å². The van der Waals surface area contributed by atoms with Crippen LogP contribution in [0.4, 0.5) is 32.2 Å². The summed E-state index contributed by atoms with van der Waals surface area (Å²) in [5, 5.41) is 11.5. The molecule has 4 rings (SSSR count). The molecule has 2 aromatic carbocycles. The van der Waals surface area contributed by atoms with Gasteiger partial charge in [0, 0.05) is 12.3 Å². The maximum atomic E-state index is 14.5. The second-order valence-corrected chi connectivity index (χ2v) is 8.89. The number of alkyl halides is 5. The summed E-state index contributed by atoms with van der Waals surface area (Å²) in [4.78, 5) is 29.4. The van der Waals surface area contributed by atoms with Crippen molar-refractivity contribution < 1.29 is 35.9 Å². The predicted molar refractivity (Wildman–Crippen MR) is 125 cm³/mol. The van der Waals surface area contributed by atoms with Crippen molar-refractivity contribution in [2.24, 2.45) is 5.92 Å². The summed E-state index contributed by atoms with van der Waals surface area (Å²) in [5.74, 6) is -8.21. The van der Waals surface area contributed by atoms with E-state index < -0.39 is 29.3 Å². The fourth-order valence-corrected chi connectivity index (χ4v) is 3.71. The normalized spacial score (nSPS) is 13.6. The minimum atomic E-state index is -5.99. The quantitative estimate of drug-likeness (QED) is 0.263. The minimum Gasteiger partial charge on any atom is -0.310 e. The molecule has 1 aromatic heterocycles. The Morgan fingerprint density at radius 1 is 0.974 bits per heavy atom. The van der Waals surface area contributed by atoms with Crippen molar-refractivity contribution in [2.45, 2.75) is 37.8 Å². The summed E-state index contributed by atoms with van der Waals surface area (Å²) in [6, 6.07) is 12.9. The number of aromatic nitrogens is 1. The van der Waals surface area contributed by atoms with Crippen LogP contribution in [-0.2, 0) is 17.1 Å². The van der Waals surface area contributed by atoms with Crippen molar-refractivity contribution in [3.05, 3.63) is 82.8 Å². The number of hydrogen-bond donors (Lipinski definition) is 1. The highest BCUT2D eigenvalue weighted by atomic mass is 19.4. The first kappa shape index (κ1) is 26.9. The first-order valence-corrected chi connectivity index (χ1v) is 11.5. The van der Waals surface area contributed by atoms with Gasteiger partial charge in [-0.25, -0.2) is 9.37 Å². The van der Waals surface area contributed by atoms with Gasteiger partial charge in [-0.2, -0.15) is 27.2 Å². The number of aryl methyl sites for hydroxylation is 1. The van der Waals surface area contributed by atoms with E-state index in [0.29, 0.717) is 37.0 Å². The van der Waals surface area contributed by atoms with E-state index in [1.165, 1.54) is 12.1 Å². The van der Waals surface area contributed by atoms with Crippen LogP contribution in [0.15, 0.2) is 54.6 Å². The summed E-state index contributed by atoms with van der Waals surface area (Å²) in [6.45, 7) is 0. The monoisotopic (exact) mass is 531 g/mol. The molecule has 0 aliphatic heterocycles. The first-order chi connectivity index (χ1) is 17.9. The molecule has 1 N–H and O–H groups in total. The molecule has 0 spiro atoms. The van der Waals surface area contributed by atoms with Crippen LogP contribution >= 0.6 is 0 Å². The number of carbonyl (C=O) groups excluding carboxylic acids is 2. The third-order valence-corrected chi connectivity index (χ3v) is 6.03. The number of Topliss-reactive ketones (excluding diaryl/α,β-unsaturated/α-hetero) is 1. The van der Waals surface area contributed by atoms with Crippen LogP contribution < -0.4 is 5.32 Å². The minimum absolute atomic E-state index is 0.0104. The number of amides is 1. The second-order valence-electron chi connectivity index (χ2n) is 8.89. The zero-order chi connectivity index (χ0) is 27.7. The van der Waals surface area contributed by atoms with Gasteiger partial charge in [0.05, 0.1) is 17.2 Å². The topological polar surface area (TPSA) is 82.9 Å². The number of hydrogen-bond acceptors (Lipinski definition) is 4. The van der Waals surface area contributed by atoms with Gasteiger partial charge in [0.1, 0.15) is 17.3 Å². The van der Waals surface area contributed by atoms with E-state index >= 15 is 0 Å². The number of nitriles is 1. The molecule has 1 aliphatic rings. The van der Waals surface area contributed by atoms with Crippen molar-refractivity contribution >= 4 is 17.5 Å². The Hall–Kier alpha value is -4.20. The van der Waals surface area contributed by atoms with Gasteiger partial charge in [-0.3, -0.25) is 9.59 Å². The fraction of sp³-hybridized carbons (Fsp3) is 0.259. The molecule has 1 aliphatic carbocycles. The molecule has 0 atom stereocenters. The number of ketones is 1. The second kappa shape index (κ2) is 10.3.